The van der Waals surface area contributed by atoms with E-state index < -0.39 is 10.0 Å². The van der Waals surface area contributed by atoms with Crippen LogP contribution in [0.15, 0.2) is 36.0 Å². The molecule has 0 aromatic carbocycles. The zero-order valence-corrected chi connectivity index (χ0v) is 11.4. The first-order valence-corrected chi connectivity index (χ1v) is 8.17. The van der Waals surface area contributed by atoms with Gasteiger partial charge in [-0.2, -0.15) is 4.31 Å². The van der Waals surface area contributed by atoms with Crippen molar-refractivity contribution in [3.8, 4) is 0 Å². The van der Waals surface area contributed by atoms with Crippen LogP contribution < -0.4 is 0 Å². The molecule has 5 rings (SSSR count). The third-order valence-corrected chi connectivity index (χ3v) is 6.62. The SMILES string of the molecule is O=S1(=O)C=CCCN1C12CC(c3ccncc3)(C1)C2. The molecule has 0 amide bonds. The van der Waals surface area contributed by atoms with Gasteiger partial charge in [0.25, 0.3) is 0 Å². The second-order valence-corrected chi connectivity index (χ2v) is 7.79. The summed E-state index contributed by atoms with van der Waals surface area (Å²) in [5, 5.41) is 1.37. The van der Waals surface area contributed by atoms with Crippen LogP contribution in [0.3, 0.4) is 0 Å². The van der Waals surface area contributed by atoms with Gasteiger partial charge in [0.1, 0.15) is 0 Å². The Kier molecular flexibility index (Phi) is 2.12. The van der Waals surface area contributed by atoms with E-state index in [2.05, 4.69) is 17.1 Å². The lowest BCUT2D eigenvalue weighted by Crippen LogP contribution is -2.77. The molecule has 5 heteroatoms. The average Bonchev–Trinajstić information content (AvgIpc) is 2.29. The van der Waals surface area contributed by atoms with Crippen molar-refractivity contribution in [3.05, 3.63) is 41.6 Å². The van der Waals surface area contributed by atoms with Crippen molar-refractivity contribution in [1.29, 1.82) is 0 Å². The van der Waals surface area contributed by atoms with Crippen molar-refractivity contribution >= 4 is 10.0 Å². The molecule has 0 saturated heterocycles. The Labute approximate surface area is 113 Å². The molecule has 3 saturated carbocycles. The van der Waals surface area contributed by atoms with Crippen molar-refractivity contribution in [2.24, 2.45) is 0 Å². The number of hydrogen-bond acceptors (Lipinski definition) is 3. The summed E-state index contributed by atoms with van der Waals surface area (Å²) in [6.45, 7) is 0.644. The zero-order chi connectivity index (χ0) is 13.1. The number of nitrogens with zero attached hydrogens (tertiary/aromatic N) is 2. The molecule has 0 radical (unpaired) electrons. The first-order valence-electron chi connectivity index (χ1n) is 6.66. The Morgan fingerprint density at radius 3 is 2.47 bits per heavy atom. The summed E-state index contributed by atoms with van der Waals surface area (Å²) in [5.41, 5.74) is 1.45. The fraction of sp³-hybridized carbons (Fsp3) is 0.500. The van der Waals surface area contributed by atoms with Crippen LogP contribution >= 0.6 is 0 Å². The van der Waals surface area contributed by atoms with Gasteiger partial charge < -0.3 is 0 Å². The summed E-state index contributed by atoms with van der Waals surface area (Å²) in [4.78, 5) is 4.05. The Hall–Kier alpha value is -1.20. The predicted octanol–water partition coefficient (Wildman–Crippen LogP) is 1.80. The van der Waals surface area contributed by atoms with Crippen molar-refractivity contribution in [2.45, 2.75) is 36.6 Å². The van der Waals surface area contributed by atoms with Gasteiger partial charge in [-0.3, -0.25) is 4.98 Å². The summed E-state index contributed by atoms with van der Waals surface area (Å²) >= 11 is 0. The van der Waals surface area contributed by atoms with E-state index in [1.54, 1.807) is 10.4 Å². The lowest BCUT2D eigenvalue weighted by atomic mass is 9.37. The van der Waals surface area contributed by atoms with Gasteiger partial charge in [-0.1, -0.05) is 6.08 Å². The van der Waals surface area contributed by atoms with Gasteiger partial charge in [0.2, 0.25) is 10.0 Å². The second kappa shape index (κ2) is 3.46. The molecule has 19 heavy (non-hydrogen) atoms. The van der Waals surface area contributed by atoms with Gasteiger partial charge >= 0.3 is 0 Å². The van der Waals surface area contributed by atoms with Gasteiger partial charge in [-0.25, -0.2) is 8.42 Å². The molecular weight excluding hydrogens is 260 g/mol. The van der Waals surface area contributed by atoms with Crippen LogP contribution in [0.4, 0.5) is 0 Å². The Morgan fingerprint density at radius 2 is 1.84 bits per heavy atom. The maximum atomic E-state index is 12.1. The van der Waals surface area contributed by atoms with Gasteiger partial charge in [-0.15, -0.1) is 0 Å². The van der Waals surface area contributed by atoms with Crippen molar-refractivity contribution in [1.82, 2.24) is 9.29 Å². The van der Waals surface area contributed by atoms with Crippen molar-refractivity contribution in [2.75, 3.05) is 6.54 Å². The highest BCUT2D eigenvalue weighted by atomic mass is 32.2. The Morgan fingerprint density at radius 1 is 1.16 bits per heavy atom. The van der Waals surface area contributed by atoms with Crippen LogP contribution in [0, 0.1) is 0 Å². The smallest absolute Gasteiger partial charge is 0.236 e. The van der Waals surface area contributed by atoms with Crippen molar-refractivity contribution in [3.63, 3.8) is 0 Å². The molecule has 4 nitrogen and oxygen atoms in total. The van der Waals surface area contributed by atoms with E-state index in [1.807, 2.05) is 12.4 Å². The van der Waals surface area contributed by atoms with Crippen LogP contribution in [0.5, 0.6) is 0 Å². The monoisotopic (exact) mass is 276 g/mol. The topological polar surface area (TPSA) is 50.3 Å². The molecular formula is C14H16N2O2S. The predicted molar refractivity (Wildman–Crippen MR) is 71.9 cm³/mol. The fourth-order valence-electron chi connectivity index (χ4n) is 4.10. The minimum Gasteiger partial charge on any atom is -0.265 e. The van der Waals surface area contributed by atoms with E-state index in [0.717, 1.165) is 25.7 Å². The van der Waals surface area contributed by atoms with Crippen LogP contribution in [-0.2, 0) is 15.4 Å². The summed E-state index contributed by atoms with van der Waals surface area (Å²) in [5.74, 6) is 0. The Balaban J connectivity index is 1.59. The van der Waals surface area contributed by atoms with E-state index in [4.69, 9.17) is 0 Å². The molecule has 1 aliphatic heterocycles. The van der Waals surface area contributed by atoms with Crippen LogP contribution in [0.25, 0.3) is 0 Å². The quantitative estimate of drug-likeness (QED) is 0.827. The third-order valence-electron chi connectivity index (χ3n) is 4.90. The highest BCUT2D eigenvalue weighted by Crippen LogP contribution is 2.70. The van der Waals surface area contributed by atoms with E-state index in [1.165, 1.54) is 11.0 Å². The van der Waals surface area contributed by atoms with Gasteiger partial charge in [0.05, 0.1) is 0 Å². The number of sulfonamides is 1. The van der Waals surface area contributed by atoms with Gasteiger partial charge in [0.15, 0.2) is 0 Å². The molecule has 2 heterocycles. The van der Waals surface area contributed by atoms with E-state index >= 15 is 0 Å². The third kappa shape index (κ3) is 1.43. The standard InChI is InChI=1S/C14H16N2O2S/c17-19(18)8-2-1-7-16(19)14-9-13(10-14,11-14)12-3-5-15-6-4-12/h2-6,8H,1,7,9-11H2. The maximum Gasteiger partial charge on any atom is 0.236 e. The molecule has 4 aliphatic rings. The van der Waals surface area contributed by atoms with E-state index in [-0.39, 0.29) is 11.0 Å². The second-order valence-electron chi connectivity index (χ2n) is 6.05. The van der Waals surface area contributed by atoms with Crippen LogP contribution in [0.1, 0.15) is 31.2 Å². The summed E-state index contributed by atoms with van der Waals surface area (Å²) in [7, 11) is -3.17. The first kappa shape index (κ1) is 11.6. The molecule has 2 bridgehead atoms. The van der Waals surface area contributed by atoms with E-state index in [0.29, 0.717) is 6.54 Å². The summed E-state index contributed by atoms with van der Waals surface area (Å²) < 4.78 is 26.0. The highest BCUT2D eigenvalue weighted by molar-refractivity contribution is 7.92. The molecule has 1 aromatic heterocycles. The normalized spacial score (nSPS) is 39.4. The lowest BCUT2D eigenvalue weighted by Gasteiger charge is -2.73. The Bertz CT molecular complexity index is 632. The van der Waals surface area contributed by atoms with Gasteiger partial charge in [-0.05, 0) is 43.4 Å². The highest BCUT2D eigenvalue weighted by Gasteiger charge is 2.72. The molecule has 100 valence electrons. The minimum atomic E-state index is -3.17. The number of rotatable bonds is 2. The van der Waals surface area contributed by atoms with E-state index in [9.17, 15) is 8.42 Å². The zero-order valence-electron chi connectivity index (χ0n) is 10.6. The molecule has 3 aliphatic carbocycles. The fourth-order valence-corrected chi connectivity index (χ4v) is 5.72. The average molecular weight is 276 g/mol. The molecule has 3 fully saturated rings. The van der Waals surface area contributed by atoms with Crippen molar-refractivity contribution < 1.29 is 8.42 Å². The van der Waals surface area contributed by atoms with Crippen LogP contribution in [0.2, 0.25) is 0 Å². The number of pyridine rings is 1. The van der Waals surface area contributed by atoms with Gasteiger partial charge in [0, 0.05) is 35.3 Å². The lowest BCUT2D eigenvalue weighted by molar-refractivity contribution is -0.135. The molecule has 0 spiro atoms. The molecule has 1 aromatic rings. The largest absolute Gasteiger partial charge is 0.265 e. The maximum absolute atomic E-state index is 12.1. The number of hydrogen-bond donors (Lipinski definition) is 0. The van der Waals surface area contributed by atoms with Crippen LogP contribution in [-0.4, -0.2) is 29.8 Å². The number of aromatic nitrogens is 1. The first-order chi connectivity index (χ1) is 9.07. The minimum absolute atomic E-state index is 0.0904. The molecule has 0 N–H and O–H groups in total. The summed E-state index contributed by atoms with van der Waals surface area (Å²) in [6.07, 6.45) is 9.15. The molecule has 0 unspecified atom stereocenters. The molecule has 0 atom stereocenters. The summed E-state index contributed by atoms with van der Waals surface area (Å²) in [6, 6.07) is 4.13.